The minimum Gasteiger partial charge on any atom is -0.313 e. The Labute approximate surface area is 116 Å². The molecule has 0 bridgehead atoms. The second kappa shape index (κ2) is 7.55. The predicted octanol–water partition coefficient (Wildman–Crippen LogP) is 4.37. The molecular formula is C18H21N. The van der Waals surface area contributed by atoms with Crippen LogP contribution in [-0.2, 0) is 0 Å². The summed E-state index contributed by atoms with van der Waals surface area (Å²) >= 11 is 0. The molecule has 0 radical (unpaired) electrons. The molecule has 0 aliphatic heterocycles. The van der Waals surface area contributed by atoms with Crippen molar-refractivity contribution in [3.63, 3.8) is 0 Å². The third-order valence-corrected chi connectivity index (χ3v) is 3.02. The molecule has 0 spiro atoms. The van der Waals surface area contributed by atoms with Crippen molar-refractivity contribution in [2.75, 3.05) is 13.1 Å². The Morgan fingerprint density at radius 1 is 0.895 bits per heavy atom. The molecule has 0 amide bonds. The summed E-state index contributed by atoms with van der Waals surface area (Å²) in [5, 5.41) is 3.36. The number of hydrogen-bond acceptors (Lipinski definition) is 1. The zero-order chi connectivity index (χ0) is 13.3. The van der Waals surface area contributed by atoms with Gasteiger partial charge in [-0.3, -0.25) is 0 Å². The molecule has 0 fully saturated rings. The summed E-state index contributed by atoms with van der Waals surface area (Å²) in [6.07, 6.45) is 5.52. The topological polar surface area (TPSA) is 12.0 Å². The van der Waals surface area contributed by atoms with E-state index in [0.717, 1.165) is 13.1 Å². The molecule has 0 aromatic heterocycles. The van der Waals surface area contributed by atoms with Gasteiger partial charge in [-0.05, 0) is 29.7 Å². The van der Waals surface area contributed by atoms with Gasteiger partial charge < -0.3 is 5.32 Å². The maximum Gasteiger partial charge on any atom is 0.0138 e. The van der Waals surface area contributed by atoms with E-state index in [-0.39, 0.29) is 0 Å². The third-order valence-electron chi connectivity index (χ3n) is 3.02. The summed E-state index contributed by atoms with van der Waals surface area (Å²) in [5.41, 5.74) is 3.78. The fourth-order valence-electron chi connectivity index (χ4n) is 1.97. The minimum absolute atomic E-state index is 0.939. The first-order chi connectivity index (χ1) is 9.40. The van der Waals surface area contributed by atoms with Crippen LogP contribution in [0.1, 0.15) is 18.9 Å². The molecule has 1 nitrogen and oxygen atoms in total. The number of rotatable bonds is 6. The zero-order valence-electron chi connectivity index (χ0n) is 11.5. The van der Waals surface area contributed by atoms with Gasteiger partial charge in [-0.25, -0.2) is 0 Å². The quantitative estimate of drug-likeness (QED) is 0.752. The smallest absolute Gasteiger partial charge is 0.0138 e. The molecule has 0 aliphatic rings. The molecule has 2 rings (SSSR count). The minimum atomic E-state index is 0.939. The van der Waals surface area contributed by atoms with E-state index in [0.29, 0.717) is 0 Å². The molecule has 2 aromatic rings. The normalized spacial score (nSPS) is 11.0. The van der Waals surface area contributed by atoms with Crippen LogP contribution in [0.2, 0.25) is 0 Å². The Bertz CT molecular complexity index is 497. The second-order valence-corrected chi connectivity index (χ2v) is 4.59. The van der Waals surface area contributed by atoms with Crippen molar-refractivity contribution in [3.05, 3.63) is 66.2 Å². The maximum atomic E-state index is 3.36. The fourth-order valence-corrected chi connectivity index (χ4v) is 1.97. The molecule has 1 heteroatoms. The molecule has 19 heavy (non-hydrogen) atoms. The molecule has 0 saturated carbocycles. The molecule has 0 saturated heterocycles. The SMILES string of the molecule is CCCNCC=Cc1ccc(-c2ccccc2)cc1. The van der Waals surface area contributed by atoms with Gasteiger partial charge in [-0.2, -0.15) is 0 Å². The molecule has 0 aliphatic carbocycles. The Hall–Kier alpha value is -1.86. The van der Waals surface area contributed by atoms with Crippen molar-refractivity contribution in [3.8, 4) is 11.1 Å². The van der Waals surface area contributed by atoms with Crippen molar-refractivity contribution in [1.82, 2.24) is 5.32 Å². The van der Waals surface area contributed by atoms with E-state index in [4.69, 9.17) is 0 Å². The molecule has 0 atom stereocenters. The Kier molecular flexibility index (Phi) is 5.39. The van der Waals surface area contributed by atoms with Gasteiger partial charge in [0, 0.05) is 6.54 Å². The fraction of sp³-hybridized carbons (Fsp3) is 0.222. The van der Waals surface area contributed by atoms with Gasteiger partial charge >= 0.3 is 0 Å². The highest BCUT2D eigenvalue weighted by atomic mass is 14.8. The number of benzene rings is 2. The van der Waals surface area contributed by atoms with Crippen molar-refractivity contribution in [1.29, 1.82) is 0 Å². The summed E-state index contributed by atoms with van der Waals surface area (Å²) in [6.45, 7) is 4.20. The summed E-state index contributed by atoms with van der Waals surface area (Å²) in [7, 11) is 0. The molecule has 98 valence electrons. The van der Waals surface area contributed by atoms with Crippen LogP contribution in [0.25, 0.3) is 17.2 Å². The van der Waals surface area contributed by atoms with Gasteiger partial charge in [0.2, 0.25) is 0 Å². The molecule has 0 unspecified atom stereocenters. The van der Waals surface area contributed by atoms with E-state index in [1.54, 1.807) is 0 Å². The first-order valence-electron chi connectivity index (χ1n) is 6.93. The molecular weight excluding hydrogens is 230 g/mol. The van der Waals surface area contributed by atoms with Gasteiger partial charge in [-0.1, -0.05) is 73.7 Å². The lowest BCUT2D eigenvalue weighted by Crippen LogP contribution is -2.13. The second-order valence-electron chi connectivity index (χ2n) is 4.59. The predicted molar refractivity (Wildman–Crippen MR) is 84.1 cm³/mol. The van der Waals surface area contributed by atoms with Crippen LogP contribution in [-0.4, -0.2) is 13.1 Å². The van der Waals surface area contributed by atoms with E-state index < -0.39 is 0 Å². The van der Waals surface area contributed by atoms with Crippen molar-refractivity contribution in [2.24, 2.45) is 0 Å². The summed E-state index contributed by atoms with van der Waals surface area (Å²) in [4.78, 5) is 0. The van der Waals surface area contributed by atoms with Crippen LogP contribution < -0.4 is 5.32 Å². The van der Waals surface area contributed by atoms with E-state index in [2.05, 4.69) is 72.9 Å². The van der Waals surface area contributed by atoms with E-state index in [1.165, 1.54) is 23.1 Å². The lowest BCUT2D eigenvalue weighted by Gasteiger charge is -2.02. The Morgan fingerprint density at radius 3 is 2.26 bits per heavy atom. The van der Waals surface area contributed by atoms with Crippen molar-refractivity contribution < 1.29 is 0 Å². The van der Waals surface area contributed by atoms with Crippen LogP contribution in [0.4, 0.5) is 0 Å². The largest absolute Gasteiger partial charge is 0.313 e. The maximum absolute atomic E-state index is 3.36. The van der Waals surface area contributed by atoms with Crippen LogP contribution in [0.5, 0.6) is 0 Å². The van der Waals surface area contributed by atoms with Gasteiger partial charge in [0.05, 0.1) is 0 Å². The summed E-state index contributed by atoms with van der Waals surface area (Å²) < 4.78 is 0. The third kappa shape index (κ3) is 4.38. The van der Waals surface area contributed by atoms with Crippen LogP contribution in [0.15, 0.2) is 60.7 Å². The van der Waals surface area contributed by atoms with Gasteiger partial charge in [0.1, 0.15) is 0 Å². The van der Waals surface area contributed by atoms with Crippen LogP contribution in [0.3, 0.4) is 0 Å². The van der Waals surface area contributed by atoms with Gasteiger partial charge in [0.15, 0.2) is 0 Å². The molecule has 2 aromatic carbocycles. The first kappa shape index (κ1) is 13.6. The van der Waals surface area contributed by atoms with Crippen molar-refractivity contribution in [2.45, 2.75) is 13.3 Å². The van der Waals surface area contributed by atoms with Gasteiger partial charge in [-0.15, -0.1) is 0 Å². The number of nitrogens with one attached hydrogen (secondary N) is 1. The van der Waals surface area contributed by atoms with Crippen LogP contribution in [0, 0.1) is 0 Å². The monoisotopic (exact) mass is 251 g/mol. The zero-order valence-corrected chi connectivity index (χ0v) is 11.5. The summed E-state index contributed by atoms with van der Waals surface area (Å²) in [6, 6.07) is 19.1. The average Bonchev–Trinajstić information content (AvgIpc) is 2.49. The lowest BCUT2D eigenvalue weighted by molar-refractivity contribution is 0.730. The first-order valence-corrected chi connectivity index (χ1v) is 6.93. The van der Waals surface area contributed by atoms with Crippen LogP contribution >= 0.6 is 0 Å². The highest BCUT2D eigenvalue weighted by Crippen LogP contribution is 2.19. The van der Waals surface area contributed by atoms with Crippen molar-refractivity contribution >= 4 is 6.08 Å². The Balaban J connectivity index is 1.95. The highest BCUT2D eigenvalue weighted by Gasteiger charge is 1.95. The van der Waals surface area contributed by atoms with E-state index in [9.17, 15) is 0 Å². The molecule has 1 N–H and O–H groups in total. The van der Waals surface area contributed by atoms with Gasteiger partial charge in [0.25, 0.3) is 0 Å². The Morgan fingerprint density at radius 2 is 1.58 bits per heavy atom. The number of hydrogen-bond donors (Lipinski definition) is 1. The van der Waals surface area contributed by atoms with E-state index in [1.807, 2.05) is 6.07 Å². The lowest BCUT2D eigenvalue weighted by atomic mass is 10.0. The highest BCUT2D eigenvalue weighted by molar-refractivity contribution is 5.65. The van der Waals surface area contributed by atoms with E-state index >= 15 is 0 Å². The average molecular weight is 251 g/mol. The standard InChI is InChI=1S/C18H21N/c1-2-14-19-15-6-7-16-10-12-18(13-11-16)17-8-4-3-5-9-17/h3-13,19H,2,14-15H2,1H3. The molecule has 0 heterocycles. The summed E-state index contributed by atoms with van der Waals surface area (Å²) in [5.74, 6) is 0.